The maximum absolute atomic E-state index is 11.9. The number of rotatable bonds is 7. The first-order valence-corrected chi connectivity index (χ1v) is 7.63. The standard InChI is InChI=1S/C13H14ClN5O2S/c1-3-6-19-13(16-17-18-19)22-8-12(20)15-9-4-5-11(21-2)10(14)7-9/h3-5,7H,1,6,8H2,2H3,(H,15,20). The fourth-order valence-electron chi connectivity index (χ4n) is 1.61. The number of methoxy groups -OCH3 is 1. The molecule has 1 N–H and O–H groups in total. The molecule has 0 bridgehead atoms. The average Bonchev–Trinajstić information content (AvgIpc) is 2.93. The largest absolute Gasteiger partial charge is 0.495 e. The van der Waals surface area contributed by atoms with Crippen molar-refractivity contribution in [2.75, 3.05) is 18.2 Å². The quantitative estimate of drug-likeness (QED) is 0.615. The smallest absolute Gasteiger partial charge is 0.234 e. The van der Waals surface area contributed by atoms with Gasteiger partial charge in [-0.05, 0) is 28.6 Å². The number of amides is 1. The van der Waals surface area contributed by atoms with Gasteiger partial charge in [-0.25, -0.2) is 4.68 Å². The van der Waals surface area contributed by atoms with Crippen molar-refractivity contribution >= 4 is 35.0 Å². The Kier molecular flexibility index (Phi) is 5.79. The lowest BCUT2D eigenvalue weighted by atomic mass is 10.3. The number of aromatic nitrogens is 4. The molecular formula is C13H14ClN5O2S. The number of benzene rings is 1. The Hall–Kier alpha value is -2.06. The number of allylic oxidation sites excluding steroid dienone is 1. The molecule has 0 aliphatic carbocycles. The number of carbonyl (C=O) groups is 1. The predicted octanol–water partition coefficient (Wildman–Crippen LogP) is 2.25. The van der Waals surface area contributed by atoms with E-state index in [1.54, 1.807) is 29.0 Å². The minimum Gasteiger partial charge on any atom is -0.495 e. The van der Waals surface area contributed by atoms with Crippen LogP contribution in [0.2, 0.25) is 5.02 Å². The first kappa shape index (κ1) is 16.3. The molecule has 1 aromatic heterocycles. The molecule has 0 spiro atoms. The Balaban J connectivity index is 1.91. The zero-order chi connectivity index (χ0) is 15.9. The third kappa shape index (κ3) is 4.22. The molecule has 0 saturated heterocycles. The summed E-state index contributed by atoms with van der Waals surface area (Å²) < 4.78 is 6.62. The highest BCUT2D eigenvalue weighted by atomic mass is 35.5. The molecule has 0 aliphatic rings. The first-order chi connectivity index (χ1) is 10.6. The molecule has 0 radical (unpaired) electrons. The van der Waals surface area contributed by atoms with Gasteiger partial charge in [0, 0.05) is 5.69 Å². The average molecular weight is 340 g/mol. The number of carbonyl (C=O) groups excluding carboxylic acids is 1. The monoisotopic (exact) mass is 339 g/mol. The molecule has 1 amide bonds. The second kappa shape index (κ2) is 7.81. The normalized spacial score (nSPS) is 10.3. The van der Waals surface area contributed by atoms with Gasteiger partial charge in [0.25, 0.3) is 0 Å². The van der Waals surface area contributed by atoms with Crippen LogP contribution in [0, 0.1) is 0 Å². The van der Waals surface area contributed by atoms with Crippen molar-refractivity contribution in [3.8, 4) is 5.75 Å². The zero-order valence-electron chi connectivity index (χ0n) is 11.8. The van der Waals surface area contributed by atoms with Gasteiger partial charge in [0.2, 0.25) is 11.1 Å². The third-order valence-electron chi connectivity index (χ3n) is 2.57. The van der Waals surface area contributed by atoms with Crippen LogP contribution in [0.1, 0.15) is 0 Å². The third-order valence-corrected chi connectivity index (χ3v) is 3.82. The van der Waals surface area contributed by atoms with Crippen LogP contribution in [0.4, 0.5) is 5.69 Å². The van der Waals surface area contributed by atoms with Crippen molar-refractivity contribution < 1.29 is 9.53 Å². The number of tetrazole rings is 1. The Morgan fingerprint density at radius 3 is 3.09 bits per heavy atom. The van der Waals surface area contributed by atoms with Crippen LogP contribution >= 0.6 is 23.4 Å². The summed E-state index contributed by atoms with van der Waals surface area (Å²) in [5, 5.41) is 15.0. The van der Waals surface area contributed by atoms with E-state index in [1.165, 1.54) is 18.9 Å². The molecular weight excluding hydrogens is 326 g/mol. The van der Waals surface area contributed by atoms with E-state index in [0.29, 0.717) is 28.2 Å². The van der Waals surface area contributed by atoms with Gasteiger partial charge in [0.05, 0.1) is 24.4 Å². The summed E-state index contributed by atoms with van der Waals surface area (Å²) in [5.41, 5.74) is 0.599. The topological polar surface area (TPSA) is 81.9 Å². The van der Waals surface area contributed by atoms with Crippen molar-refractivity contribution in [3.63, 3.8) is 0 Å². The van der Waals surface area contributed by atoms with Crippen molar-refractivity contribution in [2.45, 2.75) is 11.7 Å². The highest BCUT2D eigenvalue weighted by molar-refractivity contribution is 7.99. The van der Waals surface area contributed by atoms with Gasteiger partial charge in [-0.1, -0.05) is 29.4 Å². The zero-order valence-corrected chi connectivity index (χ0v) is 13.4. The lowest BCUT2D eigenvalue weighted by Gasteiger charge is -2.07. The maximum Gasteiger partial charge on any atom is 0.234 e. The number of hydrogen-bond acceptors (Lipinski definition) is 6. The summed E-state index contributed by atoms with van der Waals surface area (Å²) >= 11 is 7.25. The Morgan fingerprint density at radius 2 is 2.41 bits per heavy atom. The second-order valence-electron chi connectivity index (χ2n) is 4.12. The number of ether oxygens (including phenoxy) is 1. The van der Waals surface area contributed by atoms with Gasteiger partial charge >= 0.3 is 0 Å². The SMILES string of the molecule is C=CCn1nnnc1SCC(=O)Nc1ccc(OC)c(Cl)c1. The van der Waals surface area contributed by atoms with E-state index in [1.807, 2.05) is 0 Å². The molecule has 2 aromatic rings. The minimum atomic E-state index is -0.181. The molecule has 1 heterocycles. The van der Waals surface area contributed by atoms with Crippen LogP contribution in [-0.2, 0) is 11.3 Å². The molecule has 22 heavy (non-hydrogen) atoms. The number of halogens is 1. The van der Waals surface area contributed by atoms with Crippen LogP contribution in [0.5, 0.6) is 5.75 Å². The summed E-state index contributed by atoms with van der Waals surface area (Å²) in [7, 11) is 1.53. The van der Waals surface area contributed by atoms with Gasteiger partial charge in [0.1, 0.15) is 5.75 Å². The number of nitrogens with zero attached hydrogens (tertiary/aromatic N) is 4. The van der Waals surface area contributed by atoms with Gasteiger partial charge < -0.3 is 10.1 Å². The summed E-state index contributed by atoms with van der Waals surface area (Å²) in [5.74, 6) is 0.554. The summed E-state index contributed by atoms with van der Waals surface area (Å²) in [6.07, 6.45) is 1.68. The molecule has 7 nitrogen and oxygen atoms in total. The van der Waals surface area contributed by atoms with Crippen molar-refractivity contribution in [2.24, 2.45) is 0 Å². The van der Waals surface area contributed by atoms with Gasteiger partial charge in [-0.15, -0.1) is 11.7 Å². The molecule has 0 atom stereocenters. The van der Waals surface area contributed by atoms with E-state index < -0.39 is 0 Å². The molecule has 0 unspecified atom stereocenters. The molecule has 116 valence electrons. The van der Waals surface area contributed by atoms with Crippen molar-refractivity contribution in [1.82, 2.24) is 20.2 Å². The lowest BCUT2D eigenvalue weighted by molar-refractivity contribution is -0.113. The Morgan fingerprint density at radius 1 is 1.59 bits per heavy atom. The van der Waals surface area contributed by atoms with Crippen LogP contribution in [0.3, 0.4) is 0 Å². The van der Waals surface area contributed by atoms with E-state index >= 15 is 0 Å². The fraction of sp³-hybridized carbons (Fsp3) is 0.231. The van der Waals surface area contributed by atoms with Gasteiger partial charge in [-0.3, -0.25) is 4.79 Å². The van der Waals surface area contributed by atoms with Gasteiger partial charge in [0.15, 0.2) is 0 Å². The molecule has 0 saturated carbocycles. The maximum atomic E-state index is 11.9. The van der Waals surface area contributed by atoms with E-state index in [-0.39, 0.29) is 11.7 Å². The summed E-state index contributed by atoms with van der Waals surface area (Å²) in [4.78, 5) is 11.9. The fourth-order valence-corrected chi connectivity index (χ4v) is 2.55. The van der Waals surface area contributed by atoms with E-state index in [0.717, 1.165) is 0 Å². The molecule has 1 aromatic carbocycles. The highest BCUT2D eigenvalue weighted by Gasteiger charge is 2.10. The lowest BCUT2D eigenvalue weighted by Crippen LogP contribution is -2.14. The van der Waals surface area contributed by atoms with Crippen LogP contribution in [0.25, 0.3) is 0 Å². The summed E-state index contributed by atoms with van der Waals surface area (Å²) in [6.45, 7) is 4.11. The molecule has 9 heteroatoms. The van der Waals surface area contributed by atoms with Crippen molar-refractivity contribution in [1.29, 1.82) is 0 Å². The van der Waals surface area contributed by atoms with Crippen LogP contribution in [0.15, 0.2) is 36.0 Å². The first-order valence-electron chi connectivity index (χ1n) is 6.27. The second-order valence-corrected chi connectivity index (χ2v) is 5.47. The number of hydrogen-bond donors (Lipinski definition) is 1. The Labute approximate surface area is 136 Å². The minimum absolute atomic E-state index is 0.181. The van der Waals surface area contributed by atoms with E-state index in [4.69, 9.17) is 16.3 Å². The number of anilines is 1. The number of thioether (sulfide) groups is 1. The highest BCUT2D eigenvalue weighted by Crippen LogP contribution is 2.27. The molecule has 2 rings (SSSR count). The molecule has 0 aliphatic heterocycles. The van der Waals surface area contributed by atoms with Crippen molar-refractivity contribution in [3.05, 3.63) is 35.9 Å². The predicted molar refractivity (Wildman–Crippen MR) is 85.4 cm³/mol. The van der Waals surface area contributed by atoms with Crippen LogP contribution < -0.4 is 10.1 Å². The molecule has 0 fully saturated rings. The van der Waals surface area contributed by atoms with Gasteiger partial charge in [-0.2, -0.15) is 0 Å². The summed E-state index contributed by atoms with van der Waals surface area (Å²) in [6, 6.07) is 5.04. The van der Waals surface area contributed by atoms with E-state index in [9.17, 15) is 4.79 Å². The van der Waals surface area contributed by atoms with Crippen LogP contribution in [-0.4, -0.2) is 39.0 Å². The van der Waals surface area contributed by atoms with E-state index in [2.05, 4.69) is 27.4 Å². The Bertz CT molecular complexity index is 676. The number of nitrogens with one attached hydrogen (secondary N) is 1.